The lowest BCUT2D eigenvalue weighted by molar-refractivity contribution is 0.458. The van der Waals surface area contributed by atoms with Gasteiger partial charge in [-0.1, -0.05) is 81.7 Å². The van der Waals surface area contributed by atoms with Crippen molar-refractivity contribution in [1.29, 1.82) is 0 Å². The van der Waals surface area contributed by atoms with Crippen molar-refractivity contribution in [3.8, 4) is 0 Å². The number of benzene rings is 1. The fraction of sp³-hybridized carbons (Fsp3) is 0.667. The summed E-state index contributed by atoms with van der Waals surface area (Å²) in [5.74, 6) is 5.68. The van der Waals surface area contributed by atoms with Gasteiger partial charge in [0.2, 0.25) is 0 Å². The topological polar surface area (TPSA) is 38.0 Å². The average Bonchev–Trinajstić information content (AvgIpc) is 2.47. The van der Waals surface area contributed by atoms with Gasteiger partial charge in [0.05, 0.1) is 0 Å². The van der Waals surface area contributed by atoms with Gasteiger partial charge in [0.25, 0.3) is 0 Å². The minimum Gasteiger partial charge on any atom is -0.271 e. The van der Waals surface area contributed by atoms with Crippen LogP contribution in [0.15, 0.2) is 24.3 Å². The first-order valence-corrected chi connectivity index (χ1v) is 8.28. The number of nitrogens with two attached hydrogens (primary N) is 1. The molecule has 0 bridgehead atoms. The van der Waals surface area contributed by atoms with E-state index < -0.39 is 0 Å². The molecule has 0 aliphatic rings. The second-order valence-corrected chi connectivity index (χ2v) is 5.96. The number of aryl methyl sites for hydroxylation is 1. The van der Waals surface area contributed by atoms with E-state index in [1.807, 2.05) is 0 Å². The van der Waals surface area contributed by atoms with E-state index in [1.54, 1.807) is 0 Å². The highest BCUT2D eigenvalue weighted by Gasteiger charge is 2.07. The zero-order valence-corrected chi connectivity index (χ0v) is 13.3. The van der Waals surface area contributed by atoms with Gasteiger partial charge in [-0.05, 0) is 25.3 Å². The van der Waals surface area contributed by atoms with Crippen LogP contribution in [0.5, 0.6) is 0 Å². The highest BCUT2D eigenvalue weighted by atomic mass is 15.2. The minimum atomic E-state index is 0.411. The molecule has 0 heterocycles. The van der Waals surface area contributed by atoms with Gasteiger partial charge in [0.15, 0.2) is 0 Å². The highest BCUT2D eigenvalue weighted by Crippen LogP contribution is 2.12. The zero-order valence-electron chi connectivity index (χ0n) is 13.3. The molecule has 0 fully saturated rings. The van der Waals surface area contributed by atoms with E-state index in [1.165, 1.54) is 62.5 Å². The molecule has 0 saturated carbocycles. The van der Waals surface area contributed by atoms with Crippen molar-refractivity contribution in [2.24, 2.45) is 5.84 Å². The maximum Gasteiger partial charge on any atom is 0.0250 e. The van der Waals surface area contributed by atoms with Crippen molar-refractivity contribution < 1.29 is 0 Å². The van der Waals surface area contributed by atoms with Crippen LogP contribution < -0.4 is 11.3 Å². The molecule has 2 heteroatoms. The summed E-state index contributed by atoms with van der Waals surface area (Å²) in [6, 6.07) is 9.19. The molecule has 1 rings (SSSR count). The van der Waals surface area contributed by atoms with Gasteiger partial charge in [-0.3, -0.25) is 11.3 Å². The molecule has 0 aliphatic carbocycles. The number of hydrogen-bond donors (Lipinski definition) is 2. The Balaban J connectivity index is 2.14. The predicted molar refractivity (Wildman–Crippen MR) is 88.6 cm³/mol. The number of rotatable bonds is 11. The van der Waals surface area contributed by atoms with Gasteiger partial charge >= 0.3 is 0 Å². The third-order valence-corrected chi connectivity index (χ3v) is 3.99. The monoisotopic (exact) mass is 276 g/mol. The van der Waals surface area contributed by atoms with E-state index in [0.717, 1.165) is 6.42 Å². The first kappa shape index (κ1) is 17.2. The quantitative estimate of drug-likeness (QED) is 0.354. The van der Waals surface area contributed by atoms with Crippen molar-refractivity contribution in [2.75, 3.05) is 0 Å². The molecule has 0 saturated heterocycles. The fourth-order valence-corrected chi connectivity index (χ4v) is 2.60. The summed E-state index contributed by atoms with van der Waals surface area (Å²) in [6.45, 7) is 4.39. The molecule has 1 atom stereocenters. The number of unbranched alkanes of at least 4 members (excludes halogenated alkanes) is 6. The Hall–Kier alpha value is -0.860. The number of hydrazine groups is 1. The smallest absolute Gasteiger partial charge is 0.0250 e. The Morgan fingerprint density at radius 1 is 0.950 bits per heavy atom. The average molecular weight is 276 g/mol. The third kappa shape index (κ3) is 7.66. The molecule has 0 spiro atoms. The summed E-state index contributed by atoms with van der Waals surface area (Å²) in [5.41, 5.74) is 5.67. The van der Waals surface area contributed by atoms with E-state index in [0.29, 0.717) is 6.04 Å². The van der Waals surface area contributed by atoms with Crippen LogP contribution in [0.1, 0.15) is 69.4 Å². The first-order chi connectivity index (χ1) is 9.76. The predicted octanol–water partition coefficient (Wildman–Crippen LogP) is 4.51. The van der Waals surface area contributed by atoms with Gasteiger partial charge < -0.3 is 0 Å². The van der Waals surface area contributed by atoms with Crippen molar-refractivity contribution in [2.45, 2.75) is 77.7 Å². The minimum absolute atomic E-state index is 0.411. The Morgan fingerprint density at radius 3 is 2.15 bits per heavy atom. The fourth-order valence-electron chi connectivity index (χ4n) is 2.60. The number of nitrogens with one attached hydrogen (secondary N) is 1. The summed E-state index contributed by atoms with van der Waals surface area (Å²) in [7, 11) is 0. The van der Waals surface area contributed by atoms with E-state index in [9.17, 15) is 0 Å². The molecule has 0 radical (unpaired) electrons. The van der Waals surface area contributed by atoms with E-state index >= 15 is 0 Å². The standard InChI is InChI=1S/C18H32N2/c1-3-4-5-6-7-8-9-10-18(20-19)15-17-13-11-16(2)12-14-17/h11-14,18,20H,3-10,15,19H2,1-2H3. The van der Waals surface area contributed by atoms with Crippen LogP contribution >= 0.6 is 0 Å². The summed E-state index contributed by atoms with van der Waals surface area (Å²) < 4.78 is 0. The van der Waals surface area contributed by atoms with E-state index in [2.05, 4.69) is 43.5 Å². The normalized spacial score (nSPS) is 12.6. The Morgan fingerprint density at radius 2 is 1.55 bits per heavy atom. The third-order valence-electron chi connectivity index (χ3n) is 3.99. The van der Waals surface area contributed by atoms with Crippen LogP contribution in [0.2, 0.25) is 0 Å². The van der Waals surface area contributed by atoms with Crippen molar-refractivity contribution in [1.82, 2.24) is 5.43 Å². The largest absolute Gasteiger partial charge is 0.271 e. The van der Waals surface area contributed by atoms with Crippen molar-refractivity contribution >= 4 is 0 Å². The molecule has 2 nitrogen and oxygen atoms in total. The molecule has 114 valence electrons. The molecule has 20 heavy (non-hydrogen) atoms. The van der Waals surface area contributed by atoms with Gasteiger partial charge in [-0.25, -0.2) is 0 Å². The zero-order chi connectivity index (χ0) is 14.6. The molecular weight excluding hydrogens is 244 g/mol. The molecule has 0 aliphatic heterocycles. The molecule has 0 aromatic heterocycles. The van der Waals surface area contributed by atoms with Crippen LogP contribution in [-0.2, 0) is 6.42 Å². The maximum atomic E-state index is 5.68. The second-order valence-electron chi connectivity index (χ2n) is 5.96. The summed E-state index contributed by atoms with van der Waals surface area (Å²) in [5, 5.41) is 0. The van der Waals surface area contributed by atoms with Crippen LogP contribution in [0.25, 0.3) is 0 Å². The molecule has 3 N–H and O–H groups in total. The van der Waals surface area contributed by atoms with Crippen molar-refractivity contribution in [3.05, 3.63) is 35.4 Å². The Labute approximate surface area is 125 Å². The van der Waals surface area contributed by atoms with E-state index in [4.69, 9.17) is 5.84 Å². The van der Waals surface area contributed by atoms with Crippen LogP contribution in [0.3, 0.4) is 0 Å². The Bertz CT molecular complexity index is 332. The maximum absolute atomic E-state index is 5.68. The molecule has 1 unspecified atom stereocenters. The Kier molecular flexibility index (Phi) is 9.35. The van der Waals surface area contributed by atoms with Crippen molar-refractivity contribution in [3.63, 3.8) is 0 Å². The second kappa shape index (κ2) is 10.9. The highest BCUT2D eigenvalue weighted by molar-refractivity contribution is 5.22. The summed E-state index contributed by atoms with van der Waals surface area (Å²) in [6.07, 6.45) is 11.7. The van der Waals surface area contributed by atoms with E-state index in [-0.39, 0.29) is 0 Å². The van der Waals surface area contributed by atoms with Crippen LogP contribution in [0, 0.1) is 6.92 Å². The molecule has 1 aromatic rings. The van der Waals surface area contributed by atoms with Gasteiger partial charge in [-0.15, -0.1) is 0 Å². The first-order valence-electron chi connectivity index (χ1n) is 8.28. The van der Waals surface area contributed by atoms with Crippen LogP contribution in [-0.4, -0.2) is 6.04 Å². The summed E-state index contributed by atoms with van der Waals surface area (Å²) in [4.78, 5) is 0. The van der Waals surface area contributed by atoms with Gasteiger partial charge in [0.1, 0.15) is 0 Å². The lowest BCUT2D eigenvalue weighted by Crippen LogP contribution is -2.36. The number of hydrogen-bond acceptors (Lipinski definition) is 2. The van der Waals surface area contributed by atoms with Gasteiger partial charge in [-0.2, -0.15) is 0 Å². The lowest BCUT2D eigenvalue weighted by Gasteiger charge is -2.16. The van der Waals surface area contributed by atoms with Crippen LogP contribution in [0.4, 0.5) is 0 Å². The molecule has 0 amide bonds. The van der Waals surface area contributed by atoms with Gasteiger partial charge in [0, 0.05) is 6.04 Å². The lowest BCUT2D eigenvalue weighted by atomic mass is 9.99. The molecule has 1 aromatic carbocycles. The summed E-state index contributed by atoms with van der Waals surface area (Å²) >= 11 is 0. The SMILES string of the molecule is CCCCCCCCCC(Cc1ccc(C)cc1)NN. The molecular formula is C18H32N2.